The Morgan fingerprint density at radius 2 is 2.14 bits per heavy atom. The molecule has 0 saturated carbocycles. The van der Waals surface area contributed by atoms with Gasteiger partial charge in [-0.05, 0) is 24.3 Å². The Morgan fingerprint density at radius 1 is 1.33 bits per heavy atom. The van der Waals surface area contributed by atoms with E-state index in [1.54, 1.807) is 41.5 Å². The van der Waals surface area contributed by atoms with Crippen LogP contribution in [0.5, 0.6) is 5.75 Å². The van der Waals surface area contributed by atoms with Crippen LogP contribution in [-0.4, -0.2) is 24.5 Å². The van der Waals surface area contributed by atoms with Gasteiger partial charge in [0.1, 0.15) is 11.5 Å². The molecule has 0 atom stereocenters. The van der Waals surface area contributed by atoms with E-state index in [4.69, 9.17) is 14.4 Å². The first-order chi connectivity index (χ1) is 10.3. The summed E-state index contributed by atoms with van der Waals surface area (Å²) in [6.45, 7) is 0.666. The molecule has 5 heteroatoms. The highest BCUT2D eigenvalue weighted by atomic mass is 16.5. The van der Waals surface area contributed by atoms with Gasteiger partial charge in [-0.2, -0.15) is 5.26 Å². The van der Waals surface area contributed by atoms with Gasteiger partial charge < -0.3 is 14.1 Å². The van der Waals surface area contributed by atoms with Gasteiger partial charge in [0.2, 0.25) is 0 Å². The van der Waals surface area contributed by atoms with Crippen molar-refractivity contribution in [2.24, 2.45) is 0 Å². The third kappa shape index (κ3) is 3.63. The molecule has 0 aliphatic carbocycles. The molecule has 2 aromatic rings. The molecule has 0 aliphatic rings. The highest BCUT2D eigenvalue weighted by Gasteiger charge is 2.20. The van der Waals surface area contributed by atoms with E-state index in [1.807, 2.05) is 6.07 Å². The van der Waals surface area contributed by atoms with Crippen molar-refractivity contribution in [2.45, 2.75) is 13.0 Å². The number of ether oxygens (including phenoxy) is 1. The summed E-state index contributed by atoms with van der Waals surface area (Å²) in [7, 11) is 1.53. The number of nitrogens with zero attached hydrogens (tertiary/aromatic N) is 2. The van der Waals surface area contributed by atoms with Crippen LogP contribution < -0.4 is 4.74 Å². The van der Waals surface area contributed by atoms with E-state index in [0.717, 1.165) is 0 Å². The van der Waals surface area contributed by atoms with Gasteiger partial charge in [0.25, 0.3) is 5.91 Å². The Morgan fingerprint density at radius 3 is 2.81 bits per heavy atom. The minimum Gasteiger partial charge on any atom is -0.496 e. The van der Waals surface area contributed by atoms with Gasteiger partial charge in [-0.3, -0.25) is 4.79 Å². The van der Waals surface area contributed by atoms with Crippen LogP contribution >= 0.6 is 0 Å². The summed E-state index contributed by atoms with van der Waals surface area (Å²) >= 11 is 0. The van der Waals surface area contributed by atoms with Gasteiger partial charge in [0.15, 0.2) is 0 Å². The Hall–Kier alpha value is -2.74. The van der Waals surface area contributed by atoms with Gasteiger partial charge in [0, 0.05) is 6.54 Å². The number of nitriles is 1. The maximum Gasteiger partial charge on any atom is 0.258 e. The fourth-order valence-corrected chi connectivity index (χ4v) is 2.02. The van der Waals surface area contributed by atoms with Gasteiger partial charge >= 0.3 is 0 Å². The number of carbonyl (C=O) groups is 1. The third-order valence-corrected chi connectivity index (χ3v) is 3.04. The van der Waals surface area contributed by atoms with Crippen LogP contribution in [0.4, 0.5) is 0 Å². The predicted octanol–water partition coefficient (Wildman–Crippen LogP) is 2.84. The second kappa shape index (κ2) is 7.15. The lowest BCUT2D eigenvalue weighted by Gasteiger charge is -2.21. The van der Waals surface area contributed by atoms with Crippen molar-refractivity contribution in [3.63, 3.8) is 0 Å². The zero-order valence-corrected chi connectivity index (χ0v) is 11.8. The van der Waals surface area contributed by atoms with Gasteiger partial charge in [0.05, 0.1) is 38.0 Å². The summed E-state index contributed by atoms with van der Waals surface area (Å²) in [5.74, 6) is 1.01. The summed E-state index contributed by atoms with van der Waals surface area (Å²) in [6, 6.07) is 12.7. The maximum atomic E-state index is 12.7. The fourth-order valence-electron chi connectivity index (χ4n) is 2.02. The van der Waals surface area contributed by atoms with Crippen molar-refractivity contribution in [1.82, 2.24) is 4.90 Å². The van der Waals surface area contributed by atoms with Crippen molar-refractivity contribution >= 4 is 5.91 Å². The first-order valence-electron chi connectivity index (χ1n) is 6.58. The van der Waals surface area contributed by atoms with Crippen molar-refractivity contribution in [3.05, 3.63) is 54.0 Å². The highest BCUT2D eigenvalue weighted by molar-refractivity contribution is 5.96. The Bertz CT molecular complexity index is 629. The number of rotatable bonds is 6. The zero-order valence-electron chi connectivity index (χ0n) is 11.8. The second-order valence-electron chi connectivity index (χ2n) is 4.41. The van der Waals surface area contributed by atoms with Crippen LogP contribution in [0.15, 0.2) is 47.1 Å². The van der Waals surface area contributed by atoms with Crippen LogP contribution in [0, 0.1) is 11.3 Å². The number of hydrogen-bond acceptors (Lipinski definition) is 4. The van der Waals surface area contributed by atoms with Crippen molar-refractivity contribution in [2.75, 3.05) is 13.7 Å². The molecule has 0 fully saturated rings. The number of para-hydroxylation sites is 1. The Labute approximate surface area is 123 Å². The molecule has 0 saturated heterocycles. The SMILES string of the molecule is COc1ccccc1C(=O)N(CCC#N)Cc1ccco1. The van der Waals surface area contributed by atoms with E-state index in [2.05, 4.69) is 6.07 Å². The number of methoxy groups -OCH3 is 1. The number of amides is 1. The fraction of sp³-hybridized carbons (Fsp3) is 0.250. The summed E-state index contributed by atoms with van der Waals surface area (Å²) in [5, 5.41) is 8.76. The van der Waals surface area contributed by atoms with E-state index >= 15 is 0 Å². The van der Waals surface area contributed by atoms with Gasteiger partial charge in [-0.15, -0.1) is 0 Å². The lowest BCUT2D eigenvalue weighted by atomic mass is 10.1. The van der Waals surface area contributed by atoms with Crippen LogP contribution in [-0.2, 0) is 6.54 Å². The molecule has 0 N–H and O–H groups in total. The molecule has 1 aromatic heterocycles. The molecule has 1 heterocycles. The molecule has 108 valence electrons. The average molecular weight is 284 g/mol. The number of carbonyl (C=O) groups excluding carboxylic acids is 1. The van der Waals surface area contributed by atoms with Crippen LogP contribution in [0.25, 0.3) is 0 Å². The monoisotopic (exact) mass is 284 g/mol. The lowest BCUT2D eigenvalue weighted by molar-refractivity contribution is 0.0732. The van der Waals surface area contributed by atoms with E-state index < -0.39 is 0 Å². The minimum absolute atomic E-state index is 0.181. The van der Waals surface area contributed by atoms with Gasteiger partial charge in [-0.1, -0.05) is 12.1 Å². The quantitative estimate of drug-likeness (QED) is 0.818. The molecule has 21 heavy (non-hydrogen) atoms. The molecule has 0 spiro atoms. The molecular formula is C16H16N2O3. The summed E-state index contributed by atoms with van der Waals surface area (Å²) in [6.07, 6.45) is 1.83. The summed E-state index contributed by atoms with van der Waals surface area (Å²) in [4.78, 5) is 14.2. The first kappa shape index (κ1) is 14.7. The average Bonchev–Trinajstić information content (AvgIpc) is 3.03. The minimum atomic E-state index is -0.181. The second-order valence-corrected chi connectivity index (χ2v) is 4.41. The van der Waals surface area contributed by atoms with Crippen molar-refractivity contribution < 1.29 is 13.9 Å². The van der Waals surface area contributed by atoms with Crippen LogP contribution in [0.1, 0.15) is 22.5 Å². The molecule has 5 nitrogen and oxygen atoms in total. The lowest BCUT2D eigenvalue weighted by Crippen LogP contribution is -2.31. The topological polar surface area (TPSA) is 66.5 Å². The summed E-state index contributed by atoms with van der Waals surface area (Å²) in [5.41, 5.74) is 0.476. The molecule has 1 amide bonds. The molecule has 0 unspecified atom stereocenters. The molecule has 0 aliphatic heterocycles. The Balaban J connectivity index is 2.23. The summed E-state index contributed by atoms with van der Waals surface area (Å²) < 4.78 is 10.5. The van der Waals surface area contributed by atoms with E-state index in [9.17, 15) is 4.79 Å². The number of furan rings is 1. The van der Waals surface area contributed by atoms with Crippen LogP contribution in [0.3, 0.4) is 0 Å². The highest BCUT2D eigenvalue weighted by Crippen LogP contribution is 2.20. The Kier molecular flexibility index (Phi) is 4.99. The normalized spacial score (nSPS) is 9.90. The van der Waals surface area contributed by atoms with Crippen molar-refractivity contribution in [1.29, 1.82) is 5.26 Å². The zero-order chi connectivity index (χ0) is 15.1. The van der Waals surface area contributed by atoms with E-state index in [-0.39, 0.29) is 12.3 Å². The molecule has 1 aromatic carbocycles. The molecule has 0 bridgehead atoms. The molecular weight excluding hydrogens is 268 g/mol. The number of benzene rings is 1. The van der Waals surface area contributed by atoms with Gasteiger partial charge in [-0.25, -0.2) is 0 Å². The smallest absolute Gasteiger partial charge is 0.258 e. The number of hydrogen-bond donors (Lipinski definition) is 0. The maximum absolute atomic E-state index is 12.7. The first-order valence-corrected chi connectivity index (χ1v) is 6.58. The molecule has 2 rings (SSSR count). The van der Waals surface area contributed by atoms with E-state index in [1.165, 1.54) is 7.11 Å². The van der Waals surface area contributed by atoms with Crippen molar-refractivity contribution in [3.8, 4) is 11.8 Å². The standard InChI is InChI=1S/C16H16N2O3/c1-20-15-8-3-2-7-14(15)16(19)18(10-5-9-17)12-13-6-4-11-21-13/h2-4,6-8,11H,5,10,12H2,1H3. The van der Waals surface area contributed by atoms with E-state index in [0.29, 0.717) is 30.2 Å². The van der Waals surface area contributed by atoms with Crippen LogP contribution in [0.2, 0.25) is 0 Å². The molecule has 0 radical (unpaired) electrons. The predicted molar refractivity (Wildman–Crippen MR) is 76.7 cm³/mol. The largest absolute Gasteiger partial charge is 0.496 e. The third-order valence-electron chi connectivity index (χ3n) is 3.04.